The molecule has 17 heavy (non-hydrogen) atoms. The van der Waals surface area contributed by atoms with E-state index >= 15 is 0 Å². The van der Waals surface area contributed by atoms with Crippen LogP contribution < -0.4 is 0 Å². The van der Waals surface area contributed by atoms with Gasteiger partial charge >= 0.3 is 11.9 Å². The molecule has 0 amide bonds. The molecule has 0 aromatic heterocycles. The first-order valence-corrected chi connectivity index (χ1v) is 5.33. The Kier molecular flexibility index (Phi) is 7.43. The summed E-state index contributed by atoms with van der Waals surface area (Å²) in [6.45, 7) is 8.91. The van der Waals surface area contributed by atoms with Gasteiger partial charge in [-0.1, -0.05) is 24.8 Å². The van der Waals surface area contributed by atoms with Crippen molar-refractivity contribution in [2.24, 2.45) is 0 Å². The number of carbonyl (C=O) groups excluding carboxylic acids is 2. The van der Waals surface area contributed by atoms with Crippen molar-refractivity contribution in [1.82, 2.24) is 0 Å². The average Bonchev–Trinajstić information content (AvgIpc) is 2.32. The van der Waals surface area contributed by atoms with E-state index in [4.69, 9.17) is 9.47 Å². The molecular formula is C13H18O4. The van der Waals surface area contributed by atoms with Gasteiger partial charge in [0.15, 0.2) is 0 Å². The molecule has 0 spiro atoms. The predicted molar refractivity (Wildman–Crippen MR) is 65.3 cm³/mol. The van der Waals surface area contributed by atoms with Crippen LogP contribution in [0.25, 0.3) is 0 Å². The number of esters is 2. The highest BCUT2D eigenvalue weighted by Gasteiger charge is 2.05. The molecule has 4 heteroatoms. The van der Waals surface area contributed by atoms with E-state index in [2.05, 4.69) is 6.58 Å². The van der Waals surface area contributed by atoms with Gasteiger partial charge in [0.05, 0.1) is 6.61 Å². The molecule has 0 aliphatic rings. The van der Waals surface area contributed by atoms with Crippen molar-refractivity contribution in [2.45, 2.75) is 20.8 Å². The summed E-state index contributed by atoms with van der Waals surface area (Å²) >= 11 is 0. The molecular weight excluding hydrogens is 220 g/mol. The van der Waals surface area contributed by atoms with Gasteiger partial charge in [0.1, 0.15) is 6.61 Å². The van der Waals surface area contributed by atoms with Crippen LogP contribution in [0.2, 0.25) is 0 Å². The Hall–Kier alpha value is -1.84. The molecule has 0 aliphatic carbocycles. The molecule has 0 unspecified atom stereocenters. The maximum Gasteiger partial charge on any atom is 0.334 e. The summed E-state index contributed by atoms with van der Waals surface area (Å²) in [6, 6.07) is 0. The molecule has 0 fully saturated rings. The summed E-state index contributed by atoms with van der Waals surface area (Å²) < 4.78 is 9.62. The van der Waals surface area contributed by atoms with Crippen molar-refractivity contribution in [2.75, 3.05) is 13.2 Å². The molecule has 0 rings (SSSR count). The molecule has 0 bridgehead atoms. The van der Waals surface area contributed by atoms with Gasteiger partial charge < -0.3 is 9.47 Å². The lowest BCUT2D eigenvalue weighted by Crippen LogP contribution is -2.06. The molecule has 0 atom stereocenters. The van der Waals surface area contributed by atoms with Crippen molar-refractivity contribution < 1.29 is 19.1 Å². The molecule has 0 saturated carbocycles. The van der Waals surface area contributed by atoms with Crippen LogP contribution in [0.5, 0.6) is 0 Å². The zero-order valence-electron chi connectivity index (χ0n) is 10.5. The summed E-state index contributed by atoms with van der Waals surface area (Å²) in [6.07, 6.45) is 4.55. The largest absolute Gasteiger partial charge is 0.463 e. The highest BCUT2D eigenvalue weighted by atomic mass is 16.5. The maximum absolute atomic E-state index is 11.3. The maximum atomic E-state index is 11.3. The number of rotatable bonds is 6. The van der Waals surface area contributed by atoms with Crippen LogP contribution in [0.4, 0.5) is 0 Å². The number of hydrogen-bond acceptors (Lipinski definition) is 4. The fraction of sp³-hybridized carbons (Fsp3) is 0.385. The number of carbonyl (C=O) groups is 2. The van der Waals surface area contributed by atoms with Gasteiger partial charge in [0, 0.05) is 11.1 Å². The molecule has 0 aromatic carbocycles. The minimum atomic E-state index is -0.433. The lowest BCUT2D eigenvalue weighted by molar-refractivity contribution is -0.139. The molecule has 94 valence electrons. The molecule has 0 N–H and O–H groups in total. The van der Waals surface area contributed by atoms with E-state index < -0.39 is 11.9 Å². The van der Waals surface area contributed by atoms with Gasteiger partial charge in [-0.2, -0.15) is 0 Å². The second-order valence-corrected chi connectivity index (χ2v) is 3.31. The Morgan fingerprint density at radius 3 is 1.94 bits per heavy atom. The third-order valence-electron chi connectivity index (χ3n) is 1.83. The fourth-order valence-electron chi connectivity index (χ4n) is 0.879. The topological polar surface area (TPSA) is 52.6 Å². The lowest BCUT2D eigenvalue weighted by atomic mass is 10.2. The normalized spacial score (nSPS) is 11.9. The zero-order chi connectivity index (χ0) is 13.3. The first-order valence-electron chi connectivity index (χ1n) is 5.33. The Bertz CT molecular complexity index is 350. The van der Waals surface area contributed by atoms with Crippen molar-refractivity contribution >= 4 is 11.9 Å². The van der Waals surface area contributed by atoms with E-state index in [0.29, 0.717) is 17.8 Å². The molecule has 0 radical (unpaired) electrons. The van der Waals surface area contributed by atoms with E-state index in [1.165, 1.54) is 18.2 Å². The van der Waals surface area contributed by atoms with Gasteiger partial charge in [0.2, 0.25) is 0 Å². The van der Waals surface area contributed by atoms with Crippen LogP contribution in [0, 0.1) is 0 Å². The van der Waals surface area contributed by atoms with Gasteiger partial charge in [-0.05, 0) is 20.8 Å². The fourth-order valence-corrected chi connectivity index (χ4v) is 0.879. The molecule has 0 heterocycles. The Labute approximate surface area is 102 Å². The minimum absolute atomic E-state index is 0.171. The van der Waals surface area contributed by atoms with E-state index in [-0.39, 0.29) is 6.61 Å². The van der Waals surface area contributed by atoms with Crippen molar-refractivity contribution in [3.8, 4) is 0 Å². The first kappa shape index (κ1) is 15.2. The highest BCUT2D eigenvalue weighted by Crippen LogP contribution is 2.02. The highest BCUT2D eigenvalue weighted by molar-refractivity contribution is 5.90. The Morgan fingerprint density at radius 2 is 1.53 bits per heavy atom. The molecule has 0 aliphatic heterocycles. The summed E-state index contributed by atoms with van der Waals surface area (Å²) in [5.74, 6) is -0.825. The standard InChI is InChI=1S/C13H18O4/c1-5-9-17-13(15)11(4)8-7-10(3)12(14)16-6-2/h5,7-8H,1,6,9H2,2-4H3/b10-7+,11-8+. The Morgan fingerprint density at radius 1 is 1.06 bits per heavy atom. The van der Waals surface area contributed by atoms with E-state index in [1.54, 1.807) is 20.8 Å². The van der Waals surface area contributed by atoms with Crippen LogP contribution in [0.3, 0.4) is 0 Å². The zero-order valence-corrected chi connectivity index (χ0v) is 10.5. The smallest absolute Gasteiger partial charge is 0.334 e. The van der Waals surface area contributed by atoms with Gasteiger partial charge in [0.25, 0.3) is 0 Å². The molecule has 0 aromatic rings. The average molecular weight is 238 g/mol. The second kappa shape index (κ2) is 8.33. The van der Waals surface area contributed by atoms with E-state index in [1.807, 2.05) is 0 Å². The molecule has 0 saturated heterocycles. The Balaban J connectivity index is 4.47. The monoisotopic (exact) mass is 238 g/mol. The van der Waals surface area contributed by atoms with Crippen LogP contribution in [0.1, 0.15) is 20.8 Å². The number of hydrogen-bond donors (Lipinski definition) is 0. The van der Waals surface area contributed by atoms with Gasteiger partial charge in [-0.15, -0.1) is 0 Å². The summed E-state index contributed by atoms with van der Waals surface area (Å²) in [4.78, 5) is 22.6. The van der Waals surface area contributed by atoms with Crippen LogP contribution >= 0.6 is 0 Å². The van der Waals surface area contributed by atoms with Crippen LogP contribution in [0.15, 0.2) is 36.0 Å². The van der Waals surface area contributed by atoms with Crippen LogP contribution in [-0.4, -0.2) is 25.2 Å². The summed E-state index contributed by atoms with van der Waals surface area (Å²) in [5.41, 5.74) is 0.846. The number of allylic oxidation sites excluding steroid dienone is 2. The summed E-state index contributed by atoms with van der Waals surface area (Å²) in [5, 5.41) is 0. The van der Waals surface area contributed by atoms with Crippen molar-refractivity contribution in [3.63, 3.8) is 0 Å². The van der Waals surface area contributed by atoms with Crippen LogP contribution in [-0.2, 0) is 19.1 Å². The van der Waals surface area contributed by atoms with Crippen molar-refractivity contribution in [1.29, 1.82) is 0 Å². The lowest BCUT2D eigenvalue weighted by Gasteiger charge is -2.01. The van der Waals surface area contributed by atoms with Crippen molar-refractivity contribution in [3.05, 3.63) is 36.0 Å². The van der Waals surface area contributed by atoms with Gasteiger partial charge in [-0.25, -0.2) is 9.59 Å². The van der Waals surface area contributed by atoms with Gasteiger partial charge in [-0.3, -0.25) is 0 Å². The third-order valence-corrected chi connectivity index (χ3v) is 1.83. The van der Waals surface area contributed by atoms with E-state index in [9.17, 15) is 9.59 Å². The number of ether oxygens (including phenoxy) is 2. The SMILES string of the molecule is C=CCOC(=O)/C(C)=C/C=C(\C)C(=O)OCC. The quantitative estimate of drug-likeness (QED) is 0.308. The predicted octanol–water partition coefficient (Wildman–Crippen LogP) is 2.17. The summed E-state index contributed by atoms with van der Waals surface area (Å²) in [7, 11) is 0. The third kappa shape index (κ3) is 6.35. The second-order valence-electron chi connectivity index (χ2n) is 3.31. The minimum Gasteiger partial charge on any atom is -0.463 e. The first-order chi connectivity index (χ1) is 8.02. The molecule has 4 nitrogen and oxygen atoms in total. The van der Waals surface area contributed by atoms with E-state index in [0.717, 1.165) is 0 Å².